The molecule has 1 amide bonds. The van der Waals surface area contributed by atoms with Crippen LogP contribution in [-0.2, 0) is 9.53 Å². The van der Waals surface area contributed by atoms with Crippen LogP contribution in [0.1, 0.15) is 17.3 Å². The van der Waals surface area contributed by atoms with E-state index in [0.717, 1.165) is 10.5 Å². The van der Waals surface area contributed by atoms with Crippen LogP contribution in [0.2, 0.25) is 5.02 Å². The average molecular weight is 401 g/mol. The van der Waals surface area contributed by atoms with E-state index in [9.17, 15) is 14.0 Å². The normalized spacial score (nSPS) is 11.7. The van der Waals surface area contributed by atoms with Gasteiger partial charge in [0.15, 0.2) is 6.10 Å². The Morgan fingerprint density at radius 2 is 1.87 bits per heavy atom. The molecule has 0 aliphatic rings. The Hall–Kier alpha value is -1.92. The van der Waals surface area contributed by atoms with Crippen LogP contribution >= 0.6 is 27.5 Å². The predicted octanol–water partition coefficient (Wildman–Crippen LogP) is 4.43. The van der Waals surface area contributed by atoms with Gasteiger partial charge in [-0.1, -0.05) is 27.5 Å². The molecule has 0 aliphatic carbocycles. The van der Waals surface area contributed by atoms with Gasteiger partial charge >= 0.3 is 5.97 Å². The van der Waals surface area contributed by atoms with E-state index in [4.69, 9.17) is 16.3 Å². The Kier molecular flexibility index (Phi) is 5.74. The molecule has 7 heteroatoms. The van der Waals surface area contributed by atoms with Crippen molar-refractivity contribution in [3.05, 3.63) is 63.3 Å². The number of ether oxygens (including phenoxy) is 1. The molecule has 4 nitrogen and oxygen atoms in total. The van der Waals surface area contributed by atoms with Crippen molar-refractivity contribution in [3.63, 3.8) is 0 Å². The molecule has 2 aromatic rings. The third kappa shape index (κ3) is 4.77. The molecule has 0 bridgehead atoms. The van der Waals surface area contributed by atoms with Crippen LogP contribution in [0.4, 0.5) is 10.1 Å². The summed E-state index contributed by atoms with van der Waals surface area (Å²) in [6, 6.07) is 10.1. The number of carbonyl (C=O) groups excluding carboxylic acids is 2. The zero-order valence-corrected chi connectivity index (χ0v) is 14.3. The van der Waals surface area contributed by atoms with Crippen molar-refractivity contribution in [2.45, 2.75) is 13.0 Å². The summed E-state index contributed by atoms with van der Waals surface area (Å²) in [7, 11) is 0. The molecular weight excluding hydrogens is 389 g/mol. The van der Waals surface area contributed by atoms with Crippen LogP contribution in [0.25, 0.3) is 0 Å². The van der Waals surface area contributed by atoms with Crippen molar-refractivity contribution in [2.75, 3.05) is 5.32 Å². The van der Waals surface area contributed by atoms with Crippen LogP contribution in [0, 0.1) is 5.82 Å². The molecule has 0 radical (unpaired) electrons. The van der Waals surface area contributed by atoms with Crippen molar-refractivity contribution in [2.24, 2.45) is 0 Å². The molecule has 0 aliphatic heterocycles. The monoisotopic (exact) mass is 399 g/mol. The molecular formula is C16H12BrClFNO3. The van der Waals surface area contributed by atoms with E-state index in [-0.39, 0.29) is 10.7 Å². The minimum atomic E-state index is -1.03. The molecule has 1 unspecified atom stereocenters. The van der Waals surface area contributed by atoms with Gasteiger partial charge in [0.1, 0.15) is 5.82 Å². The molecule has 1 atom stereocenters. The minimum absolute atomic E-state index is 0.0600. The van der Waals surface area contributed by atoms with Crippen LogP contribution < -0.4 is 5.32 Å². The summed E-state index contributed by atoms with van der Waals surface area (Å²) < 4.78 is 18.9. The molecule has 23 heavy (non-hydrogen) atoms. The van der Waals surface area contributed by atoms with Gasteiger partial charge in [0.25, 0.3) is 5.91 Å². The Labute approximate surface area is 145 Å². The second-order valence-electron chi connectivity index (χ2n) is 4.67. The third-order valence-electron chi connectivity index (χ3n) is 2.92. The molecule has 0 saturated heterocycles. The van der Waals surface area contributed by atoms with Gasteiger partial charge in [-0.15, -0.1) is 0 Å². The third-order valence-corrected chi connectivity index (χ3v) is 3.76. The Bertz CT molecular complexity index is 737. The lowest BCUT2D eigenvalue weighted by Crippen LogP contribution is -2.30. The van der Waals surface area contributed by atoms with Crippen LogP contribution in [0.15, 0.2) is 46.9 Å². The van der Waals surface area contributed by atoms with Crippen molar-refractivity contribution in [1.82, 2.24) is 0 Å². The maximum absolute atomic E-state index is 13.0. The number of hydrogen-bond acceptors (Lipinski definition) is 3. The van der Waals surface area contributed by atoms with E-state index in [1.807, 2.05) is 0 Å². The van der Waals surface area contributed by atoms with Crippen molar-refractivity contribution < 1.29 is 18.7 Å². The zero-order valence-electron chi connectivity index (χ0n) is 12.0. The summed E-state index contributed by atoms with van der Waals surface area (Å²) in [6.45, 7) is 1.43. The van der Waals surface area contributed by atoms with E-state index >= 15 is 0 Å². The second kappa shape index (κ2) is 7.57. The summed E-state index contributed by atoms with van der Waals surface area (Å²) in [5.74, 6) is -1.70. The highest BCUT2D eigenvalue weighted by Gasteiger charge is 2.19. The van der Waals surface area contributed by atoms with Gasteiger partial charge < -0.3 is 10.1 Å². The van der Waals surface area contributed by atoms with E-state index in [1.165, 1.54) is 19.1 Å². The zero-order chi connectivity index (χ0) is 17.0. The number of carbonyl (C=O) groups is 2. The van der Waals surface area contributed by atoms with E-state index in [0.29, 0.717) is 5.56 Å². The Balaban J connectivity index is 1.99. The SMILES string of the molecule is CC(OC(=O)c1ccc(Br)cc1)C(=O)Nc1ccc(F)cc1Cl. The van der Waals surface area contributed by atoms with Gasteiger partial charge in [0.2, 0.25) is 0 Å². The first kappa shape index (κ1) is 17.4. The largest absolute Gasteiger partial charge is 0.449 e. The fourth-order valence-electron chi connectivity index (χ4n) is 1.69. The van der Waals surface area contributed by atoms with Crippen LogP contribution in [-0.4, -0.2) is 18.0 Å². The fourth-order valence-corrected chi connectivity index (χ4v) is 2.17. The first-order valence-corrected chi connectivity index (χ1v) is 7.76. The topological polar surface area (TPSA) is 55.4 Å². The molecule has 0 fully saturated rings. The standard InChI is InChI=1S/C16H12BrClFNO3/c1-9(23-16(22)10-2-4-11(17)5-3-10)15(21)20-14-7-6-12(19)8-13(14)18/h2-9H,1H3,(H,20,21). The number of hydrogen-bond donors (Lipinski definition) is 1. The molecule has 0 heterocycles. The molecule has 2 aromatic carbocycles. The number of rotatable bonds is 4. The van der Waals surface area contributed by atoms with Gasteiger partial charge in [-0.2, -0.15) is 0 Å². The highest BCUT2D eigenvalue weighted by molar-refractivity contribution is 9.10. The number of anilines is 1. The molecule has 120 valence electrons. The Morgan fingerprint density at radius 3 is 2.48 bits per heavy atom. The van der Waals surface area contributed by atoms with Gasteiger partial charge in [0, 0.05) is 4.47 Å². The lowest BCUT2D eigenvalue weighted by Gasteiger charge is -2.14. The maximum atomic E-state index is 13.0. The van der Waals surface area contributed by atoms with Gasteiger partial charge in [-0.25, -0.2) is 9.18 Å². The number of amides is 1. The summed E-state index contributed by atoms with van der Waals surface area (Å²) in [6.07, 6.45) is -1.03. The summed E-state index contributed by atoms with van der Waals surface area (Å²) in [5.41, 5.74) is 0.567. The molecule has 0 saturated carbocycles. The lowest BCUT2D eigenvalue weighted by atomic mass is 10.2. The smallest absolute Gasteiger partial charge is 0.338 e. The van der Waals surface area contributed by atoms with Crippen LogP contribution in [0.5, 0.6) is 0 Å². The Morgan fingerprint density at radius 1 is 1.22 bits per heavy atom. The second-order valence-corrected chi connectivity index (χ2v) is 5.99. The lowest BCUT2D eigenvalue weighted by molar-refractivity contribution is -0.123. The first-order chi connectivity index (χ1) is 10.9. The van der Waals surface area contributed by atoms with Gasteiger partial charge in [-0.05, 0) is 49.4 Å². The van der Waals surface area contributed by atoms with Crippen molar-refractivity contribution in [3.8, 4) is 0 Å². The van der Waals surface area contributed by atoms with Crippen molar-refractivity contribution >= 4 is 45.1 Å². The maximum Gasteiger partial charge on any atom is 0.338 e. The summed E-state index contributed by atoms with van der Waals surface area (Å²) in [5, 5.41) is 2.54. The van der Waals surface area contributed by atoms with Gasteiger partial charge in [0.05, 0.1) is 16.3 Å². The summed E-state index contributed by atoms with van der Waals surface area (Å²) >= 11 is 9.09. The van der Waals surface area contributed by atoms with Crippen LogP contribution in [0.3, 0.4) is 0 Å². The fraction of sp³-hybridized carbons (Fsp3) is 0.125. The molecule has 2 rings (SSSR count). The van der Waals surface area contributed by atoms with E-state index in [1.54, 1.807) is 24.3 Å². The van der Waals surface area contributed by atoms with E-state index in [2.05, 4.69) is 21.2 Å². The average Bonchev–Trinajstić information content (AvgIpc) is 2.50. The van der Waals surface area contributed by atoms with Crippen molar-refractivity contribution in [1.29, 1.82) is 0 Å². The number of halogens is 3. The van der Waals surface area contributed by atoms with E-state index < -0.39 is 23.8 Å². The molecule has 0 aromatic heterocycles. The summed E-state index contributed by atoms with van der Waals surface area (Å²) in [4.78, 5) is 24.0. The first-order valence-electron chi connectivity index (χ1n) is 6.59. The quantitative estimate of drug-likeness (QED) is 0.773. The highest BCUT2D eigenvalue weighted by Crippen LogP contribution is 2.22. The minimum Gasteiger partial charge on any atom is -0.449 e. The highest BCUT2D eigenvalue weighted by atomic mass is 79.9. The molecule has 1 N–H and O–H groups in total. The number of benzene rings is 2. The van der Waals surface area contributed by atoms with Gasteiger partial charge in [-0.3, -0.25) is 4.79 Å². The predicted molar refractivity (Wildman–Crippen MR) is 89.1 cm³/mol. The number of nitrogens with one attached hydrogen (secondary N) is 1. The number of esters is 1. The molecule has 0 spiro atoms.